The maximum atomic E-state index is 11.7. The van der Waals surface area contributed by atoms with Gasteiger partial charge in [0.2, 0.25) is 0 Å². The molecule has 0 aliphatic heterocycles. The molecule has 150 valence electrons. The molecule has 0 bridgehead atoms. The number of hydrogen-bond donors (Lipinski definition) is 3. The number of aromatic nitrogens is 1. The monoisotopic (exact) mass is 376 g/mol. The van der Waals surface area contributed by atoms with Crippen molar-refractivity contribution >= 4 is 5.97 Å². The number of ether oxygens (including phenoxy) is 1. The van der Waals surface area contributed by atoms with Crippen LogP contribution < -0.4 is 5.73 Å². The summed E-state index contributed by atoms with van der Waals surface area (Å²) < 4.78 is 5.52. The van der Waals surface area contributed by atoms with Gasteiger partial charge in [0.1, 0.15) is 0 Å². The van der Waals surface area contributed by atoms with Crippen LogP contribution in [0.25, 0.3) is 0 Å². The predicted molar refractivity (Wildman–Crippen MR) is 102 cm³/mol. The molecule has 4 N–H and O–H groups in total. The Kier molecular flexibility index (Phi) is 6.84. The van der Waals surface area contributed by atoms with E-state index in [4.69, 9.17) is 10.5 Å². The highest BCUT2D eigenvalue weighted by atomic mass is 16.5. The van der Waals surface area contributed by atoms with Gasteiger partial charge >= 0.3 is 5.97 Å². The Balaban J connectivity index is 1.53. The maximum Gasteiger partial charge on any atom is 0.337 e. The van der Waals surface area contributed by atoms with Crippen LogP contribution in [0.5, 0.6) is 0 Å². The molecule has 2 aliphatic carbocycles. The second-order valence-corrected chi connectivity index (χ2v) is 8.31. The number of carboxylic acids is 1. The molecule has 0 saturated heterocycles. The molecule has 1 aromatic rings. The SMILES string of the molecule is N[C@@H](COCCC1CC1)[C@](O)(Cc1cc(CCCC2CC2)ccn1)C(=O)O. The van der Waals surface area contributed by atoms with E-state index in [1.807, 2.05) is 12.1 Å². The number of pyridine rings is 1. The molecule has 0 unspecified atom stereocenters. The van der Waals surface area contributed by atoms with Gasteiger partial charge in [-0.3, -0.25) is 4.98 Å². The standard InChI is InChI=1S/C21H32N2O4/c22-19(14-27-11-9-16-6-7-16)21(26,20(24)25)13-18-12-17(8-10-23-18)3-1-2-15-4-5-15/h8,10,12,15-16,19,26H,1-7,9,11,13-14,22H2,(H,24,25)/t19-,21+/m0/s1. The molecule has 6 heteroatoms. The molecule has 2 saturated carbocycles. The van der Waals surface area contributed by atoms with Crippen LogP contribution in [0, 0.1) is 11.8 Å². The van der Waals surface area contributed by atoms with Gasteiger partial charge in [-0.05, 0) is 48.8 Å². The minimum atomic E-state index is -2.08. The van der Waals surface area contributed by atoms with E-state index in [2.05, 4.69) is 4.98 Å². The first-order chi connectivity index (χ1) is 13.0. The number of carboxylic acid groups (broad SMARTS) is 1. The molecule has 2 atom stereocenters. The summed E-state index contributed by atoms with van der Waals surface area (Å²) in [6.45, 7) is 0.583. The van der Waals surface area contributed by atoms with E-state index < -0.39 is 17.6 Å². The topological polar surface area (TPSA) is 106 Å². The quantitative estimate of drug-likeness (QED) is 0.456. The Labute approximate surface area is 161 Å². The van der Waals surface area contributed by atoms with Crippen molar-refractivity contribution in [3.63, 3.8) is 0 Å². The molecule has 1 heterocycles. The van der Waals surface area contributed by atoms with Crippen molar-refractivity contribution in [2.45, 2.75) is 69.4 Å². The van der Waals surface area contributed by atoms with Crippen LogP contribution in [0.1, 0.15) is 56.2 Å². The molecule has 2 aliphatic rings. The molecule has 0 amide bonds. The van der Waals surface area contributed by atoms with E-state index >= 15 is 0 Å². The lowest BCUT2D eigenvalue weighted by atomic mass is 9.89. The Morgan fingerprint density at radius 1 is 1.30 bits per heavy atom. The zero-order valence-electron chi connectivity index (χ0n) is 16.0. The van der Waals surface area contributed by atoms with E-state index in [9.17, 15) is 15.0 Å². The zero-order valence-corrected chi connectivity index (χ0v) is 16.0. The van der Waals surface area contributed by atoms with Crippen LogP contribution in [0.4, 0.5) is 0 Å². The smallest absolute Gasteiger partial charge is 0.337 e. The van der Waals surface area contributed by atoms with E-state index in [-0.39, 0.29) is 13.0 Å². The third-order valence-corrected chi connectivity index (χ3v) is 5.75. The largest absolute Gasteiger partial charge is 0.479 e. The summed E-state index contributed by atoms with van der Waals surface area (Å²) >= 11 is 0. The highest BCUT2D eigenvalue weighted by Crippen LogP contribution is 2.34. The molecule has 27 heavy (non-hydrogen) atoms. The lowest BCUT2D eigenvalue weighted by Gasteiger charge is -2.29. The molecular weight excluding hydrogens is 344 g/mol. The van der Waals surface area contributed by atoms with Crippen molar-refractivity contribution in [2.75, 3.05) is 13.2 Å². The number of nitrogens with two attached hydrogens (primary N) is 1. The summed E-state index contributed by atoms with van der Waals surface area (Å²) in [7, 11) is 0. The van der Waals surface area contributed by atoms with Gasteiger partial charge in [-0.15, -0.1) is 0 Å². The van der Waals surface area contributed by atoms with E-state index in [0.717, 1.165) is 36.7 Å². The van der Waals surface area contributed by atoms with Crippen molar-refractivity contribution in [3.8, 4) is 0 Å². The van der Waals surface area contributed by atoms with Gasteiger partial charge in [0.05, 0.1) is 12.6 Å². The van der Waals surface area contributed by atoms with Gasteiger partial charge in [0.25, 0.3) is 0 Å². The first-order valence-corrected chi connectivity index (χ1v) is 10.2. The van der Waals surface area contributed by atoms with Crippen molar-refractivity contribution in [1.29, 1.82) is 0 Å². The fourth-order valence-corrected chi connectivity index (χ4v) is 3.43. The predicted octanol–water partition coefficient (Wildman–Crippen LogP) is 2.32. The van der Waals surface area contributed by atoms with Gasteiger partial charge in [0, 0.05) is 24.9 Å². The average Bonchev–Trinajstić information content (AvgIpc) is 3.53. The van der Waals surface area contributed by atoms with Gasteiger partial charge in [-0.25, -0.2) is 4.79 Å². The third-order valence-electron chi connectivity index (χ3n) is 5.75. The summed E-state index contributed by atoms with van der Waals surface area (Å²) in [5.41, 5.74) is 5.60. The molecule has 0 spiro atoms. The first-order valence-electron chi connectivity index (χ1n) is 10.2. The van der Waals surface area contributed by atoms with E-state index in [0.29, 0.717) is 12.3 Å². The highest BCUT2D eigenvalue weighted by Gasteiger charge is 2.43. The lowest BCUT2D eigenvalue weighted by molar-refractivity contribution is -0.162. The second kappa shape index (κ2) is 9.13. The Morgan fingerprint density at radius 2 is 2.00 bits per heavy atom. The fraction of sp³-hybridized carbons (Fsp3) is 0.714. The van der Waals surface area contributed by atoms with Crippen molar-refractivity contribution < 1.29 is 19.7 Å². The highest BCUT2D eigenvalue weighted by molar-refractivity contribution is 5.78. The number of aliphatic hydroxyl groups is 1. The van der Waals surface area contributed by atoms with Crippen LogP contribution in [0.3, 0.4) is 0 Å². The van der Waals surface area contributed by atoms with Crippen LogP contribution in [0.15, 0.2) is 18.3 Å². The fourth-order valence-electron chi connectivity index (χ4n) is 3.43. The Morgan fingerprint density at radius 3 is 2.67 bits per heavy atom. The summed E-state index contributed by atoms with van der Waals surface area (Å²) in [5.74, 6) is 0.314. The number of nitrogens with zero attached hydrogens (tertiary/aromatic N) is 1. The number of hydrogen-bond acceptors (Lipinski definition) is 5. The van der Waals surface area contributed by atoms with Gasteiger partial charge in [0.15, 0.2) is 5.60 Å². The molecular formula is C21H32N2O4. The number of aliphatic carboxylic acids is 1. The molecule has 0 radical (unpaired) electrons. The van der Waals surface area contributed by atoms with Crippen molar-refractivity contribution in [3.05, 3.63) is 29.6 Å². The van der Waals surface area contributed by atoms with Crippen LogP contribution in [-0.4, -0.2) is 46.0 Å². The van der Waals surface area contributed by atoms with Gasteiger partial charge < -0.3 is 20.7 Å². The molecule has 1 aromatic heterocycles. The van der Waals surface area contributed by atoms with Crippen LogP contribution in [0.2, 0.25) is 0 Å². The summed E-state index contributed by atoms with van der Waals surface area (Å²) in [6.07, 6.45) is 11.1. The number of carbonyl (C=O) groups is 1. The van der Waals surface area contributed by atoms with Crippen LogP contribution >= 0.6 is 0 Å². The second-order valence-electron chi connectivity index (χ2n) is 8.31. The molecule has 6 nitrogen and oxygen atoms in total. The molecule has 0 aromatic carbocycles. The van der Waals surface area contributed by atoms with E-state index in [1.54, 1.807) is 6.20 Å². The number of aryl methyl sites for hydroxylation is 1. The summed E-state index contributed by atoms with van der Waals surface area (Å²) in [4.78, 5) is 16.0. The minimum Gasteiger partial charge on any atom is -0.479 e. The Bertz CT molecular complexity index is 630. The molecule has 2 fully saturated rings. The maximum absolute atomic E-state index is 11.7. The van der Waals surface area contributed by atoms with E-state index in [1.165, 1.54) is 32.1 Å². The normalized spacial score (nSPS) is 20.2. The van der Waals surface area contributed by atoms with Gasteiger partial charge in [-0.1, -0.05) is 32.1 Å². The van der Waals surface area contributed by atoms with Crippen molar-refractivity contribution in [2.24, 2.45) is 17.6 Å². The molecule has 3 rings (SSSR count). The Hall–Kier alpha value is -1.50. The van der Waals surface area contributed by atoms with Crippen molar-refractivity contribution in [1.82, 2.24) is 4.98 Å². The minimum absolute atomic E-state index is 0.0244. The number of rotatable bonds is 13. The van der Waals surface area contributed by atoms with Gasteiger partial charge in [-0.2, -0.15) is 0 Å². The lowest BCUT2D eigenvalue weighted by Crippen LogP contribution is -2.57. The zero-order chi connectivity index (χ0) is 19.3. The first kappa shape index (κ1) is 20.2. The third kappa shape index (κ3) is 6.26. The summed E-state index contributed by atoms with van der Waals surface area (Å²) in [5, 5.41) is 20.3. The average molecular weight is 376 g/mol. The summed E-state index contributed by atoms with van der Waals surface area (Å²) in [6, 6.07) is 2.84. The van der Waals surface area contributed by atoms with Crippen LogP contribution in [-0.2, 0) is 22.4 Å².